The lowest BCUT2D eigenvalue weighted by atomic mass is 10.2. The number of anilines is 1. The molecule has 0 atom stereocenters. The van der Waals surface area contributed by atoms with Crippen LogP contribution >= 0.6 is 23.4 Å². The summed E-state index contributed by atoms with van der Waals surface area (Å²) in [7, 11) is 0. The first-order valence-corrected chi connectivity index (χ1v) is 8.75. The molecule has 0 saturated heterocycles. The summed E-state index contributed by atoms with van der Waals surface area (Å²) in [5, 5.41) is 21.3. The minimum absolute atomic E-state index is 0.125. The SMILES string of the molecule is O=C(CSc1nnc(-c2ccccc2Cl)o1)Nc1cc([N+](=O)[O-])ccc1F. The third-order valence-corrected chi connectivity index (χ3v) is 4.42. The third-order valence-electron chi connectivity index (χ3n) is 3.27. The Morgan fingerprint density at radius 1 is 1.30 bits per heavy atom. The Bertz CT molecular complexity index is 1010. The highest BCUT2D eigenvalue weighted by atomic mass is 35.5. The number of nitro groups is 1. The molecular weight excluding hydrogens is 399 g/mol. The van der Waals surface area contributed by atoms with E-state index in [1.165, 1.54) is 0 Å². The van der Waals surface area contributed by atoms with Crippen molar-refractivity contribution in [2.75, 3.05) is 11.1 Å². The molecule has 0 spiro atoms. The molecule has 138 valence electrons. The third kappa shape index (κ3) is 4.60. The largest absolute Gasteiger partial charge is 0.411 e. The quantitative estimate of drug-likeness (QED) is 0.370. The van der Waals surface area contributed by atoms with Crippen molar-refractivity contribution in [1.29, 1.82) is 0 Å². The Morgan fingerprint density at radius 2 is 2.07 bits per heavy atom. The molecule has 0 saturated carbocycles. The van der Waals surface area contributed by atoms with Crippen LogP contribution in [0.15, 0.2) is 52.1 Å². The topological polar surface area (TPSA) is 111 Å². The first-order valence-electron chi connectivity index (χ1n) is 7.39. The van der Waals surface area contributed by atoms with Gasteiger partial charge in [0.15, 0.2) is 0 Å². The highest BCUT2D eigenvalue weighted by Crippen LogP contribution is 2.29. The summed E-state index contributed by atoms with van der Waals surface area (Å²) in [4.78, 5) is 22.0. The molecule has 3 rings (SSSR count). The van der Waals surface area contributed by atoms with Gasteiger partial charge in [0.25, 0.3) is 10.9 Å². The molecule has 1 N–H and O–H groups in total. The van der Waals surface area contributed by atoms with Crippen molar-refractivity contribution in [2.24, 2.45) is 0 Å². The van der Waals surface area contributed by atoms with Crippen molar-refractivity contribution < 1.29 is 18.5 Å². The van der Waals surface area contributed by atoms with Crippen molar-refractivity contribution in [3.63, 3.8) is 0 Å². The summed E-state index contributed by atoms with van der Waals surface area (Å²) in [6.45, 7) is 0. The maximum atomic E-state index is 13.7. The second kappa shape index (κ2) is 8.14. The molecule has 3 aromatic rings. The van der Waals surface area contributed by atoms with Gasteiger partial charge in [-0.15, -0.1) is 10.2 Å². The standard InChI is InChI=1S/C16H10ClFN4O4S/c17-11-4-2-1-3-10(11)15-20-21-16(26-15)27-8-14(23)19-13-7-9(22(24)25)5-6-12(13)18/h1-7H,8H2,(H,19,23). The number of amides is 1. The molecule has 0 aliphatic rings. The fraction of sp³-hybridized carbons (Fsp3) is 0.0625. The molecule has 11 heteroatoms. The van der Waals surface area contributed by atoms with Gasteiger partial charge in [0.1, 0.15) is 5.82 Å². The van der Waals surface area contributed by atoms with Gasteiger partial charge in [0, 0.05) is 12.1 Å². The van der Waals surface area contributed by atoms with E-state index < -0.39 is 16.6 Å². The first kappa shape index (κ1) is 18.8. The van der Waals surface area contributed by atoms with E-state index in [0.29, 0.717) is 10.6 Å². The lowest BCUT2D eigenvalue weighted by Crippen LogP contribution is -2.15. The summed E-state index contributed by atoms with van der Waals surface area (Å²) < 4.78 is 19.1. The van der Waals surface area contributed by atoms with Gasteiger partial charge < -0.3 is 9.73 Å². The van der Waals surface area contributed by atoms with Crippen molar-refractivity contribution in [3.8, 4) is 11.5 Å². The van der Waals surface area contributed by atoms with Crippen molar-refractivity contribution in [3.05, 3.63) is 63.4 Å². The number of nitro benzene ring substituents is 1. The minimum Gasteiger partial charge on any atom is -0.411 e. The lowest BCUT2D eigenvalue weighted by molar-refractivity contribution is -0.384. The van der Waals surface area contributed by atoms with Gasteiger partial charge in [-0.25, -0.2) is 4.39 Å². The van der Waals surface area contributed by atoms with Gasteiger partial charge in [0.2, 0.25) is 11.8 Å². The highest BCUT2D eigenvalue weighted by molar-refractivity contribution is 7.99. The molecule has 0 radical (unpaired) electrons. The Labute approximate surface area is 160 Å². The van der Waals surface area contributed by atoms with Crippen LogP contribution < -0.4 is 5.32 Å². The fourth-order valence-electron chi connectivity index (χ4n) is 2.05. The summed E-state index contributed by atoms with van der Waals surface area (Å²) >= 11 is 6.99. The minimum atomic E-state index is -0.780. The van der Waals surface area contributed by atoms with Gasteiger partial charge in [0.05, 0.1) is 26.9 Å². The predicted octanol–water partition coefficient (Wildman–Crippen LogP) is 4.17. The van der Waals surface area contributed by atoms with Crippen LogP contribution in [0.25, 0.3) is 11.5 Å². The number of non-ortho nitro benzene ring substituents is 1. The van der Waals surface area contributed by atoms with Crippen LogP contribution in [-0.4, -0.2) is 26.8 Å². The van der Waals surface area contributed by atoms with Crippen molar-refractivity contribution in [2.45, 2.75) is 5.22 Å². The maximum Gasteiger partial charge on any atom is 0.277 e. The van der Waals surface area contributed by atoms with Crippen LogP contribution in [-0.2, 0) is 4.79 Å². The monoisotopic (exact) mass is 408 g/mol. The molecule has 1 amide bonds. The Morgan fingerprint density at radius 3 is 2.81 bits per heavy atom. The van der Waals surface area contributed by atoms with Gasteiger partial charge in [-0.1, -0.05) is 35.5 Å². The fourth-order valence-corrected chi connectivity index (χ4v) is 2.83. The Hall–Kier alpha value is -2.98. The van der Waals surface area contributed by atoms with Gasteiger partial charge in [-0.05, 0) is 18.2 Å². The molecule has 0 unspecified atom stereocenters. The molecule has 2 aromatic carbocycles. The summed E-state index contributed by atoms with van der Waals surface area (Å²) in [6.07, 6.45) is 0. The molecule has 1 aromatic heterocycles. The van der Waals surface area contributed by atoms with Gasteiger partial charge in [-0.3, -0.25) is 14.9 Å². The van der Waals surface area contributed by atoms with Crippen LogP contribution in [0.3, 0.4) is 0 Å². The van der Waals surface area contributed by atoms with E-state index in [4.69, 9.17) is 16.0 Å². The molecule has 0 aliphatic heterocycles. The average Bonchev–Trinajstić information content (AvgIpc) is 3.11. The molecular formula is C16H10ClFN4O4S. The van der Waals surface area contributed by atoms with E-state index in [2.05, 4.69) is 15.5 Å². The molecule has 0 bridgehead atoms. The second-order valence-electron chi connectivity index (χ2n) is 5.11. The number of hydrogen-bond donors (Lipinski definition) is 1. The van der Waals surface area contributed by atoms with Crippen LogP contribution in [0, 0.1) is 15.9 Å². The Kier molecular flexibility index (Phi) is 5.67. The van der Waals surface area contributed by atoms with Crippen LogP contribution in [0.4, 0.5) is 15.8 Å². The average molecular weight is 409 g/mol. The van der Waals surface area contributed by atoms with Crippen molar-refractivity contribution >= 4 is 40.6 Å². The number of carbonyl (C=O) groups is 1. The zero-order valence-electron chi connectivity index (χ0n) is 13.4. The number of nitrogens with zero attached hydrogens (tertiary/aromatic N) is 3. The smallest absolute Gasteiger partial charge is 0.277 e. The number of aromatic nitrogens is 2. The van der Waals surface area contributed by atoms with E-state index >= 15 is 0 Å². The molecule has 27 heavy (non-hydrogen) atoms. The Balaban J connectivity index is 1.63. The lowest BCUT2D eigenvalue weighted by Gasteiger charge is -2.05. The molecule has 1 heterocycles. The van der Waals surface area contributed by atoms with E-state index in [9.17, 15) is 19.3 Å². The summed E-state index contributed by atoms with van der Waals surface area (Å²) in [5.74, 6) is -1.32. The van der Waals surface area contributed by atoms with E-state index in [1.807, 2.05) is 0 Å². The molecule has 0 fully saturated rings. The number of benzene rings is 2. The maximum absolute atomic E-state index is 13.7. The van der Waals surface area contributed by atoms with E-state index in [1.54, 1.807) is 24.3 Å². The number of halogens is 2. The van der Waals surface area contributed by atoms with Gasteiger partial charge in [-0.2, -0.15) is 0 Å². The zero-order valence-corrected chi connectivity index (χ0v) is 15.0. The number of rotatable bonds is 6. The molecule has 0 aliphatic carbocycles. The van der Waals surface area contributed by atoms with Gasteiger partial charge >= 0.3 is 0 Å². The number of nitrogens with one attached hydrogen (secondary N) is 1. The highest BCUT2D eigenvalue weighted by Gasteiger charge is 2.16. The van der Waals surface area contributed by atoms with Crippen LogP contribution in [0.1, 0.15) is 0 Å². The van der Waals surface area contributed by atoms with Crippen molar-refractivity contribution in [1.82, 2.24) is 10.2 Å². The summed E-state index contributed by atoms with van der Waals surface area (Å²) in [5.41, 5.74) is -0.0562. The van der Waals surface area contributed by atoms with Crippen LogP contribution in [0.2, 0.25) is 5.02 Å². The number of thioether (sulfide) groups is 1. The first-order chi connectivity index (χ1) is 12.9. The predicted molar refractivity (Wildman–Crippen MR) is 97.2 cm³/mol. The number of carbonyl (C=O) groups excluding carboxylic acids is 1. The zero-order chi connectivity index (χ0) is 19.4. The number of hydrogen-bond acceptors (Lipinski definition) is 7. The normalized spacial score (nSPS) is 10.6. The summed E-state index contributed by atoms with van der Waals surface area (Å²) in [6, 6.07) is 9.77. The molecule has 8 nitrogen and oxygen atoms in total. The van der Waals surface area contributed by atoms with E-state index in [0.717, 1.165) is 30.0 Å². The van der Waals surface area contributed by atoms with E-state index in [-0.39, 0.29) is 28.2 Å². The van der Waals surface area contributed by atoms with Crippen LogP contribution in [0.5, 0.6) is 0 Å². The second-order valence-corrected chi connectivity index (χ2v) is 6.44.